The number of hydrogen-bond donors (Lipinski definition) is 1. The van der Waals surface area contributed by atoms with Crippen molar-refractivity contribution in [2.45, 2.75) is 39.3 Å². The molecule has 2 N–H and O–H groups in total. The fraction of sp³-hybridized carbons (Fsp3) is 0.444. The molecule has 0 aliphatic carbocycles. The van der Waals surface area contributed by atoms with Gasteiger partial charge in [0.2, 0.25) is 5.91 Å². The van der Waals surface area contributed by atoms with Crippen LogP contribution in [0.3, 0.4) is 0 Å². The quantitative estimate of drug-likeness (QED) is 0.933. The average molecular weight is 328 g/mol. The summed E-state index contributed by atoms with van der Waals surface area (Å²) in [6, 6.07) is 9.85. The molecule has 0 radical (unpaired) electrons. The normalized spacial score (nSPS) is 15.5. The third-order valence-electron chi connectivity index (χ3n) is 4.31. The van der Waals surface area contributed by atoms with Gasteiger partial charge >= 0.3 is 0 Å². The summed E-state index contributed by atoms with van der Waals surface area (Å²) in [5.74, 6) is 1.48. The maximum atomic E-state index is 12.4. The molecule has 0 unspecified atom stereocenters. The Bertz CT molecular complexity index is 718. The first kappa shape index (κ1) is 16.4. The Labute approximate surface area is 142 Å². The van der Waals surface area contributed by atoms with Gasteiger partial charge in [-0.25, -0.2) is 4.68 Å². The molecule has 0 bridgehead atoms. The van der Waals surface area contributed by atoms with E-state index < -0.39 is 0 Å². The Hall–Kier alpha value is -2.50. The summed E-state index contributed by atoms with van der Waals surface area (Å²) in [7, 11) is 0. The predicted molar refractivity (Wildman–Crippen MR) is 92.8 cm³/mol. The second kappa shape index (κ2) is 6.95. The molecule has 1 aliphatic heterocycles. The number of amides is 1. The van der Waals surface area contributed by atoms with Crippen LogP contribution in [0.25, 0.3) is 0 Å². The zero-order valence-corrected chi connectivity index (χ0v) is 14.2. The van der Waals surface area contributed by atoms with Gasteiger partial charge < -0.3 is 15.4 Å². The van der Waals surface area contributed by atoms with Crippen LogP contribution in [-0.2, 0) is 11.3 Å². The highest BCUT2D eigenvalue weighted by atomic mass is 16.5. The Morgan fingerprint density at radius 3 is 2.67 bits per heavy atom. The van der Waals surface area contributed by atoms with Crippen LogP contribution >= 0.6 is 0 Å². The van der Waals surface area contributed by atoms with Gasteiger partial charge in [-0.15, -0.1) is 0 Å². The number of benzene rings is 1. The minimum atomic E-state index is 0.0544. The zero-order chi connectivity index (χ0) is 17.1. The number of aryl methyl sites for hydroxylation is 2. The second-order valence-corrected chi connectivity index (χ2v) is 6.38. The summed E-state index contributed by atoms with van der Waals surface area (Å²) < 4.78 is 7.59. The maximum absolute atomic E-state index is 12.4. The van der Waals surface area contributed by atoms with Gasteiger partial charge in [-0.3, -0.25) is 4.79 Å². The average Bonchev–Trinajstić information content (AvgIpc) is 2.85. The minimum Gasteiger partial charge on any atom is -0.490 e. The summed E-state index contributed by atoms with van der Waals surface area (Å²) in [5.41, 5.74) is 7.86. The monoisotopic (exact) mass is 328 g/mol. The summed E-state index contributed by atoms with van der Waals surface area (Å²) in [5, 5.41) is 4.24. The Morgan fingerprint density at radius 2 is 2.04 bits per heavy atom. The van der Waals surface area contributed by atoms with E-state index in [1.807, 2.05) is 30.0 Å². The minimum absolute atomic E-state index is 0.0544. The number of ether oxygens (including phenoxy) is 1. The SMILES string of the molecule is Cc1cccc(OC2CCN(C(=O)Cn3nc(C)cc3N)CC2)c1. The van der Waals surface area contributed by atoms with E-state index in [0.29, 0.717) is 18.9 Å². The predicted octanol–water partition coefficient (Wildman–Crippen LogP) is 2.15. The standard InChI is InChI=1S/C18H24N4O2/c1-13-4-3-5-16(10-13)24-15-6-8-21(9-7-15)18(23)12-22-17(19)11-14(2)20-22/h3-5,10-11,15H,6-9,12,19H2,1-2H3. The van der Waals surface area contributed by atoms with E-state index in [9.17, 15) is 4.79 Å². The molecule has 2 heterocycles. The highest BCUT2D eigenvalue weighted by molar-refractivity contribution is 5.76. The number of nitrogens with zero attached hydrogens (tertiary/aromatic N) is 3. The number of nitrogens with two attached hydrogens (primary N) is 1. The summed E-state index contributed by atoms with van der Waals surface area (Å²) >= 11 is 0. The van der Waals surface area contributed by atoms with Gasteiger partial charge in [0, 0.05) is 32.0 Å². The molecule has 2 aromatic rings. The van der Waals surface area contributed by atoms with Gasteiger partial charge in [-0.1, -0.05) is 12.1 Å². The molecule has 1 saturated heterocycles. The lowest BCUT2D eigenvalue weighted by molar-refractivity contribution is -0.133. The number of anilines is 1. The van der Waals surface area contributed by atoms with Gasteiger partial charge in [0.05, 0.1) is 5.69 Å². The van der Waals surface area contributed by atoms with Crippen molar-refractivity contribution < 1.29 is 9.53 Å². The van der Waals surface area contributed by atoms with Crippen molar-refractivity contribution in [2.24, 2.45) is 0 Å². The first-order valence-corrected chi connectivity index (χ1v) is 8.32. The molecule has 0 saturated carbocycles. The third-order valence-corrected chi connectivity index (χ3v) is 4.31. The number of hydrogen-bond acceptors (Lipinski definition) is 4. The van der Waals surface area contributed by atoms with Crippen molar-refractivity contribution in [3.05, 3.63) is 41.6 Å². The molecule has 1 amide bonds. The number of carbonyl (C=O) groups is 1. The van der Waals surface area contributed by atoms with Crippen molar-refractivity contribution in [3.63, 3.8) is 0 Å². The van der Waals surface area contributed by atoms with E-state index in [4.69, 9.17) is 10.5 Å². The van der Waals surface area contributed by atoms with Crippen LogP contribution < -0.4 is 10.5 Å². The molecule has 6 heteroatoms. The highest BCUT2D eigenvalue weighted by Gasteiger charge is 2.24. The molecule has 1 aromatic heterocycles. The lowest BCUT2D eigenvalue weighted by Crippen LogP contribution is -2.43. The molecule has 24 heavy (non-hydrogen) atoms. The van der Waals surface area contributed by atoms with E-state index in [2.05, 4.69) is 18.1 Å². The first-order valence-electron chi connectivity index (χ1n) is 8.32. The molecule has 0 atom stereocenters. The zero-order valence-electron chi connectivity index (χ0n) is 14.2. The largest absolute Gasteiger partial charge is 0.490 e. The van der Waals surface area contributed by atoms with E-state index in [1.54, 1.807) is 10.7 Å². The van der Waals surface area contributed by atoms with Crippen LogP contribution in [-0.4, -0.2) is 39.8 Å². The van der Waals surface area contributed by atoms with Gasteiger partial charge in [-0.05, 0) is 31.5 Å². The van der Waals surface area contributed by atoms with Crippen molar-refractivity contribution in [1.82, 2.24) is 14.7 Å². The number of rotatable bonds is 4. The van der Waals surface area contributed by atoms with Crippen molar-refractivity contribution in [3.8, 4) is 5.75 Å². The highest BCUT2D eigenvalue weighted by Crippen LogP contribution is 2.20. The van der Waals surface area contributed by atoms with Crippen LogP contribution in [0.1, 0.15) is 24.1 Å². The summed E-state index contributed by atoms with van der Waals surface area (Å²) in [6.07, 6.45) is 1.84. The maximum Gasteiger partial charge on any atom is 0.244 e. The van der Waals surface area contributed by atoms with E-state index in [1.165, 1.54) is 5.56 Å². The van der Waals surface area contributed by atoms with Gasteiger partial charge in [-0.2, -0.15) is 5.10 Å². The molecule has 6 nitrogen and oxygen atoms in total. The van der Waals surface area contributed by atoms with Crippen molar-refractivity contribution >= 4 is 11.7 Å². The lowest BCUT2D eigenvalue weighted by Gasteiger charge is -2.32. The van der Waals surface area contributed by atoms with Crippen LogP contribution in [0.15, 0.2) is 30.3 Å². The number of piperidine rings is 1. The number of aromatic nitrogens is 2. The Balaban J connectivity index is 1.51. The van der Waals surface area contributed by atoms with Crippen molar-refractivity contribution in [1.29, 1.82) is 0 Å². The van der Waals surface area contributed by atoms with Crippen LogP contribution in [0.5, 0.6) is 5.75 Å². The number of nitrogen functional groups attached to an aromatic ring is 1. The van der Waals surface area contributed by atoms with Crippen LogP contribution in [0, 0.1) is 13.8 Å². The molecule has 1 fully saturated rings. The number of likely N-dealkylation sites (tertiary alicyclic amines) is 1. The van der Waals surface area contributed by atoms with E-state index in [-0.39, 0.29) is 18.6 Å². The summed E-state index contributed by atoms with van der Waals surface area (Å²) in [6.45, 7) is 5.52. The molecule has 0 spiro atoms. The van der Waals surface area contributed by atoms with Crippen molar-refractivity contribution in [2.75, 3.05) is 18.8 Å². The van der Waals surface area contributed by atoms with Crippen LogP contribution in [0.4, 0.5) is 5.82 Å². The van der Waals surface area contributed by atoms with Gasteiger partial charge in [0.15, 0.2) is 0 Å². The summed E-state index contributed by atoms with van der Waals surface area (Å²) in [4.78, 5) is 14.3. The molecular weight excluding hydrogens is 304 g/mol. The Morgan fingerprint density at radius 1 is 1.29 bits per heavy atom. The second-order valence-electron chi connectivity index (χ2n) is 6.38. The van der Waals surface area contributed by atoms with E-state index >= 15 is 0 Å². The van der Waals surface area contributed by atoms with Crippen LogP contribution in [0.2, 0.25) is 0 Å². The molecule has 1 aliphatic rings. The molecule has 128 valence electrons. The fourth-order valence-corrected chi connectivity index (χ4v) is 3.02. The first-order chi connectivity index (χ1) is 11.5. The lowest BCUT2D eigenvalue weighted by atomic mass is 10.1. The molecule has 3 rings (SSSR count). The van der Waals surface area contributed by atoms with E-state index in [0.717, 1.165) is 24.3 Å². The topological polar surface area (TPSA) is 73.4 Å². The smallest absolute Gasteiger partial charge is 0.244 e. The Kier molecular flexibility index (Phi) is 4.74. The fourth-order valence-electron chi connectivity index (χ4n) is 3.02. The number of carbonyl (C=O) groups excluding carboxylic acids is 1. The third kappa shape index (κ3) is 3.88. The van der Waals surface area contributed by atoms with Gasteiger partial charge in [0.1, 0.15) is 24.2 Å². The van der Waals surface area contributed by atoms with Gasteiger partial charge in [0.25, 0.3) is 0 Å². The molecule has 1 aromatic carbocycles. The molecular formula is C18H24N4O2.